The second kappa shape index (κ2) is 32.7. The smallest absolute Gasteiger partial charge is 0.330 e. The highest BCUT2D eigenvalue weighted by molar-refractivity contribution is 5.88. The molecule has 3 aromatic rings. The van der Waals surface area contributed by atoms with Gasteiger partial charge >= 0.3 is 35.8 Å². The second-order valence-corrected chi connectivity index (χ2v) is 14.4. The summed E-state index contributed by atoms with van der Waals surface area (Å²) in [5, 5.41) is 0. The van der Waals surface area contributed by atoms with Crippen molar-refractivity contribution in [3.05, 3.63) is 108 Å². The van der Waals surface area contributed by atoms with Gasteiger partial charge in [-0.1, -0.05) is 36.4 Å². The number of carbonyl (C=O) groups is 6. The summed E-state index contributed by atoms with van der Waals surface area (Å²) in [5.41, 5.74) is 2.44. The van der Waals surface area contributed by atoms with Crippen LogP contribution in [0.25, 0.3) is 18.2 Å². The Hall–Kier alpha value is -6.90. The van der Waals surface area contributed by atoms with E-state index in [0.29, 0.717) is 95.4 Å². The van der Waals surface area contributed by atoms with E-state index in [4.69, 9.17) is 42.6 Å². The fourth-order valence-electron chi connectivity index (χ4n) is 5.65. The van der Waals surface area contributed by atoms with Crippen LogP contribution in [0.5, 0.6) is 17.2 Å². The molecule has 66 heavy (non-hydrogen) atoms. The molecule has 0 saturated carbocycles. The van der Waals surface area contributed by atoms with Crippen LogP contribution in [0.2, 0.25) is 0 Å². The Bertz CT molecular complexity index is 1900. The van der Waals surface area contributed by atoms with Crippen LogP contribution < -0.4 is 14.2 Å². The van der Waals surface area contributed by atoms with E-state index < -0.39 is 41.9 Å². The Morgan fingerprint density at radius 2 is 0.712 bits per heavy atom. The molecular weight excluding hydrogens is 853 g/mol. The molecular formula is C51H62O15. The topological polar surface area (TPSA) is 185 Å². The van der Waals surface area contributed by atoms with E-state index in [9.17, 15) is 28.8 Å². The molecule has 0 aliphatic heterocycles. The van der Waals surface area contributed by atoms with Crippen LogP contribution in [-0.4, -0.2) is 94.8 Å². The largest absolute Gasteiger partial charge is 0.494 e. The zero-order valence-electron chi connectivity index (χ0n) is 38.1. The van der Waals surface area contributed by atoms with E-state index in [-0.39, 0.29) is 32.5 Å². The third-order valence-corrected chi connectivity index (χ3v) is 9.03. The minimum atomic E-state index is -1.00. The molecule has 15 heteroatoms. The average molecular weight is 915 g/mol. The van der Waals surface area contributed by atoms with Crippen LogP contribution in [0.15, 0.2) is 91.0 Å². The normalized spacial score (nSPS) is 11.1. The van der Waals surface area contributed by atoms with Gasteiger partial charge in [0.2, 0.25) is 0 Å². The molecule has 0 atom stereocenters. The number of ether oxygens (including phenoxy) is 9. The van der Waals surface area contributed by atoms with Gasteiger partial charge in [0.1, 0.15) is 30.5 Å². The Morgan fingerprint density at radius 3 is 1.02 bits per heavy atom. The molecule has 0 saturated heterocycles. The molecule has 15 nitrogen and oxygen atoms in total. The summed E-state index contributed by atoms with van der Waals surface area (Å²) in [4.78, 5) is 72.7. The van der Waals surface area contributed by atoms with Gasteiger partial charge in [0, 0.05) is 37.5 Å². The lowest BCUT2D eigenvalue weighted by Gasteiger charge is -2.18. The van der Waals surface area contributed by atoms with E-state index in [1.165, 1.54) is 18.2 Å². The van der Waals surface area contributed by atoms with Gasteiger partial charge in [-0.3, -0.25) is 14.4 Å². The minimum absolute atomic E-state index is 0.0688. The van der Waals surface area contributed by atoms with Gasteiger partial charge in [0.25, 0.3) is 0 Å². The summed E-state index contributed by atoms with van der Waals surface area (Å²) < 4.78 is 48.4. The number of rotatable bonds is 32. The maximum Gasteiger partial charge on any atom is 0.330 e. The maximum atomic E-state index is 12.8. The fourth-order valence-corrected chi connectivity index (χ4v) is 5.65. The summed E-state index contributed by atoms with van der Waals surface area (Å²) >= 11 is 0. The predicted molar refractivity (Wildman–Crippen MR) is 246 cm³/mol. The maximum absolute atomic E-state index is 12.8. The summed E-state index contributed by atoms with van der Waals surface area (Å²) in [6.07, 6.45) is 11.4. The number of benzene rings is 3. The van der Waals surface area contributed by atoms with E-state index >= 15 is 0 Å². The van der Waals surface area contributed by atoms with Crippen LogP contribution in [0.1, 0.15) is 95.2 Å². The quantitative estimate of drug-likeness (QED) is 0.0251. The Morgan fingerprint density at radius 1 is 0.409 bits per heavy atom. The lowest BCUT2D eigenvalue weighted by atomic mass is 10.2. The molecule has 0 aromatic heterocycles. The monoisotopic (exact) mass is 914 g/mol. The van der Waals surface area contributed by atoms with Crippen molar-refractivity contribution < 1.29 is 71.4 Å². The van der Waals surface area contributed by atoms with Gasteiger partial charge in [-0.2, -0.15) is 0 Å². The standard InChI is InChI=1S/C51H62O15/c1-4-58-48(54)31-22-39-16-25-42(26-17-39)61-34-10-7-13-46(52)64-37-45(66-51(57)15-9-12-36-63-44-29-20-41(21-30-44)24-33-50(56)60-6-3)38-65-47(53)14-8-11-35-62-43-27-18-40(19-28-43)23-32-49(55)59-5-2/h16-33,45H,4-15,34-38H2,1-3H3/b31-22+,32-23+,33-24+. The van der Waals surface area contributed by atoms with Crippen LogP contribution >= 0.6 is 0 Å². The highest BCUT2D eigenvalue weighted by atomic mass is 16.6. The van der Waals surface area contributed by atoms with Crippen molar-refractivity contribution in [1.82, 2.24) is 0 Å². The molecule has 356 valence electrons. The lowest BCUT2D eigenvalue weighted by molar-refractivity contribution is -0.167. The first-order valence-corrected chi connectivity index (χ1v) is 22.3. The van der Waals surface area contributed by atoms with Crippen LogP contribution in [-0.2, 0) is 57.2 Å². The number of carbonyl (C=O) groups excluding carboxylic acids is 6. The predicted octanol–water partition coefficient (Wildman–Crippen LogP) is 8.46. The molecule has 0 amide bonds. The minimum Gasteiger partial charge on any atom is -0.494 e. The molecule has 0 heterocycles. The molecule has 0 unspecified atom stereocenters. The number of hydrogen-bond acceptors (Lipinski definition) is 15. The van der Waals surface area contributed by atoms with Gasteiger partial charge in [-0.15, -0.1) is 0 Å². The van der Waals surface area contributed by atoms with E-state index in [1.54, 1.807) is 75.4 Å². The fraction of sp³-hybridized carbons (Fsp3) is 0.412. The molecule has 0 spiro atoms. The van der Waals surface area contributed by atoms with Gasteiger partial charge in [0.15, 0.2) is 6.10 Å². The Labute approximate surface area is 387 Å². The van der Waals surface area contributed by atoms with Gasteiger partial charge in [0.05, 0.1) is 39.6 Å². The number of unbranched alkanes of at least 4 members (excludes halogenated alkanes) is 3. The van der Waals surface area contributed by atoms with Gasteiger partial charge in [-0.25, -0.2) is 14.4 Å². The van der Waals surface area contributed by atoms with E-state index in [1.807, 2.05) is 36.4 Å². The van der Waals surface area contributed by atoms with Crippen molar-refractivity contribution in [3.8, 4) is 17.2 Å². The van der Waals surface area contributed by atoms with Crippen molar-refractivity contribution in [2.24, 2.45) is 0 Å². The molecule has 0 fully saturated rings. The first kappa shape index (κ1) is 53.4. The summed E-state index contributed by atoms with van der Waals surface area (Å²) in [5.74, 6) is -0.854. The molecule has 0 N–H and O–H groups in total. The lowest BCUT2D eigenvalue weighted by Crippen LogP contribution is -2.31. The number of hydrogen-bond donors (Lipinski definition) is 0. The number of esters is 6. The molecule has 0 aliphatic rings. The van der Waals surface area contributed by atoms with Crippen LogP contribution in [0, 0.1) is 0 Å². The molecule has 0 aliphatic carbocycles. The van der Waals surface area contributed by atoms with Crippen LogP contribution in [0.3, 0.4) is 0 Å². The second-order valence-electron chi connectivity index (χ2n) is 14.4. The molecule has 0 radical (unpaired) electrons. The summed E-state index contributed by atoms with van der Waals surface area (Å²) in [7, 11) is 0. The zero-order valence-corrected chi connectivity index (χ0v) is 38.1. The van der Waals surface area contributed by atoms with Crippen molar-refractivity contribution in [2.45, 2.75) is 84.7 Å². The first-order valence-electron chi connectivity index (χ1n) is 22.3. The van der Waals surface area contributed by atoms with Crippen molar-refractivity contribution >= 4 is 54.0 Å². The van der Waals surface area contributed by atoms with Crippen molar-refractivity contribution in [3.63, 3.8) is 0 Å². The van der Waals surface area contributed by atoms with Gasteiger partial charge < -0.3 is 42.6 Å². The first-order chi connectivity index (χ1) is 32.1. The van der Waals surface area contributed by atoms with E-state index in [2.05, 4.69) is 0 Å². The Balaban J connectivity index is 1.40. The third-order valence-electron chi connectivity index (χ3n) is 9.03. The summed E-state index contributed by atoms with van der Waals surface area (Å²) in [6.45, 7) is 6.65. The van der Waals surface area contributed by atoms with Crippen molar-refractivity contribution in [1.29, 1.82) is 0 Å². The van der Waals surface area contributed by atoms with Crippen LogP contribution in [0.4, 0.5) is 0 Å². The SMILES string of the molecule is CCOC(=O)/C=C/c1ccc(OCCCCC(=O)OCC(COC(=O)CCCCOc2ccc(/C=C/C(=O)OCC)cc2)OC(=O)CCCCOc2ccc(/C=C/C(=O)OCC)cc2)cc1. The molecule has 3 aromatic carbocycles. The van der Waals surface area contributed by atoms with E-state index in [0.717, 1.165) is 16.7 Å². The van der Waals surface area contributed by atoms with Gasteiger partial charge in [-0.05, 0) is 131 Å². The summed E-state index contributed by atoms with van der Waals surface area (Å²) in [6, 6.07) is 21.6. The molecule has 3 rings (SSSR count). The highest BCUT2D eigenvalue weighted by Crippen LogP contribution is 2.17. The third kappa shape index (κ3) is 24.8. The van der Waals surface area contributed by atoms with Crippen molar-refractivity contribution in [2.75, 3.05) is 52.9 Å². The highest BCUT2D eigenvalue weighted by Gasteiger charge is 2.20. The zero-order chi connectivity index (χ0) is 47.6. The molecule has 0 bridgehead atoms. The average Bonchev–Trinajstić information content (AvgIpc) is 3.31. The Kier molecular flexibility index (Phi) is 26.5.